The van der Waals surface area contributed by atoms with E-state index in [0.29, 0.717) is 6.61 Å². The Hall–Kier alpha value is -1.98. The summed E-state index contributed by atoms with van der Waals surface area (Å²) in [5.74, 6) is 0.925. The predicted molar refractivity (Wildman–Crippen MR) is 122 cm³/mol. The van der Waals surface area contributed by atoms with Crippen molar-refractivity contribution in [1.82, 2.24) is 0 Å². The fraction of sp³-hybridized carbons (Fsp3) is 0.600. The van der Waals surface area contributed by atoms with Gasteiger partial charge in [0.25, 0.3) is 0 Å². The SMILES string of the molecule is CCCCOC1[C@@H](OCc2ccc(OC)cc2)[C@H]([C@H](O)[C@@H](O)c2ccco2)O[C@@H]1CC(O)CO. The fourth-order valence-corrected chi connectivity index (χ4v) is 4.04. The molecule has 4 N–H and O–H groups in total. The van der Waals surface area contributed by atoms with E-state index in [1.54, 1.807) is 19.2 Å². The summed E-state index contributed by atoms with van der Waals surface area (Å²) in [6, 6.07) is 10.6. The predicted octanol–water partition coefficient (Wildman–Crippen LogP) is 1.96. The third kappa shape index (κ3) is 6.79. The van der Waals surface area contributed by atoms with Crippen molar-refractivity contribution < 1.29 is 43.8 Å². The summed E-state index contributed by atoms with van der Waals surface area (Å²) in [6.45, 7) is 2.27. The average Bonchev–Trinajstić information content (AvgIpc) is 3.51. The Labute approximate surface area is 199 Å². The molecule has 9 nitrogen and oxygen atoms in total. The first-order chi connectivity index (χ1) is 16.5. The lowest BCUT2D eigenvalue weighted by molar-refractivity contribution is -0.132. The summed E-state index contributed by atoms with van der Waals surface area (Å²) in [5, 5.41) is 41.1. The van der Waals surface area contributed by atoms with Crippen LogP contribution in [0, 0.1) is 0 Å². The van der Waals surface area contributed by atoms with Crippen LogP contribution in [0.5, 0.6) is 5.75 Å². The average molecular weight is 481 g/mol. The third-order valence-electron chi connectivity index (χ3n) is 5.97. The number of methoxy groups -OCH3 is 1. The maximum Gasteiger partial charge on any atom is 0.140 e. The Morgan fingerprint density at radius 3 is 2.41 bits per heavy atom. The fourth-order valence-electron chi connectivity index (χ4n) is 4.04. The highest BCUT2D eigenvalue weighted by Crippen LogP contribution is 2.35. The minimum absolute atomic E-state index is 0.0930. The van der Waals surface area contributed by atoms with Crippen LogP contribution in [-0.4, -0.2) is 77.4 Å². The van der Waals surface area contributed by atoms with Gasteiger partial charge in [0.1, 0.15) is 42.0 Å². The largest absolute Gasteiger partial charge is 0.497 e. The van der Waals surface area contributed by atoms with E-state index in [9.17, 15) is 20.4 Å². The second kappa shape index (κ2) is 13.2. The minimum Gasteiger partial charge on any atom is -0.497 e. The molecule has 0 saturated carbocycles. The van der Waals surface area contributed by atoms with Crippen molar-refractivity contribution in [2.45, 2.75) is 75.5 Å². The van der Waals surface area contributed by atoms with Gasteiger partial charge in [0, 0.05) is 13.0 Å². The molecule has 0 spiro atoms. The van der Waals surface area contributed by atoms with Gasteiger partial charge in [-0.3, -0.25) is 0 Å². The van der Waals surface area contributed by atoms with Crippen LogP contribution in [0.1, 0.15) is 43.6 Å². The van der Waals surface area contributed by atoms with Crippen molar-refractivity contribution in [2.24, 2.45) is 0 Å². The van der Waals surface area contributed by atoms with Crippen LogP contribution >= 0.6 is 0 Å². The molecule has 0 aliphatic carbocycles. The van der Waals surface area contributed by atoms with Crippen LogP contribution in [0.25, 0.3) is 0 Å². The van der Waals surface area contributed by atoms with Crippen LogP contribution in [0.4, 0.5) is 0 Å². The van der Waals surface area contributed by atoms with Crippen molar-refractivity contribution in [1.29, 1.82) is 0 Å². The van der Waals surface area contributed by atoms with E-state index < -0.39 is 49.3 Å². The molecule has 2 unspecified atom stereocenters. The summed E-state index contributed by atoms with van der Waals surface area (Å²) in [7, 11) is 1.59. The molecule has 2 aromatic rings. The zero-order valence-corrected chi connectivity index (χ0v) is 19.7. The molecule has 9 heteroatoms. The number of benzene rings is 1. The summed E-state index contributed by atoms with van der Waals surface area (Å²) < 4.78 is 28.9. The number of aliphatic hydroxyl groups excluding tert-OH is 4. The molecule has 7 atom stereocenters. The van der Waals surface area contributed by atoms with Crippen molar-refractivity contribution in [3.05, 3.63) is 54.0 Å². The molecule has 0 amide bonds. The van der Waals surface area contributed by atoms with Gasteiger partial charge in [-0.25, -0.2) is 0 Å². The molecule has 1 aromatic carbocycles. The second-order valence-corrected chi connectivity index (χ2v) is 8.47. The smallest absolute Gasteiger partial charge is 0.140 e. The van der Waals surface area contributed by atoms with Crippen LogP contribution in [0.2, 0.25) is 0 Å². The summed E-state index contributed by atoms with van der Waals surface area (Å²) in [4.78, 5) is 0. The van der Waals surface area contributed by atoms with Crippen LogP contribution in [-0.2, 0) is 20.8 Å². The van der Waals surface area contributed by atoms with Crippen LogP contribution in [0.3, 0.4) is 0 Å². The van der Waals surface area contributed by atoms with Crippen molar-refractivity contribution in [3.63, 3.8) is 0 Å². The molecule has 3 rings (SSSR count). The molecule has 0 bridgehead atoms. The monoisotopic (exact) mass is 480 g/mol. The number of ether oxygens (including phenoxy) is 4. The van der Waals surface area contributed by atoms with Gasteiger partial charge in [0.2, 0.25) is 0 Å². The molecule has 1 fully saturated rings. The highest BCUT2D eigenvalue weighted by molar-refractivity contribution is 5.26. The van der Waals surface area contributed by atoms with Crippen LogP contribution in [0.15, 0.2) is 47.1 Å². The highest BCUT2D eigenvalue weighted by Gasteiger charge is 2.51. The highest BCUT2D eigenvalue weighted by atomic mass is 16.6. The number of rotatable bonds is 14. The summed E-state index contributed by atoms with van der Waals surface area (Å²) in [6.07, 6.45) is -3.45. The molecule has 1 saturated heterocycles. The first-order valence-electron chi connectivity index (χ1n) is 11.7. The van der Waals surface area contributed by atoms with Gasteiger partial charge in [-0.15, -0.1) is 0 Å². The number of unbranched alkanes of at least 4 members (excludes halogenated alkanes) is 1. The number of hydrogen-bond acceptors (Lipinski definition) is 9. The van der Waals surface area contributed by atoms with Gasteiger partial charge in [0.05, 0.1) is 38.8 Å². The lowest BCUT2D eigenvalue weighted by Gasteiger charge is -2.28. The van der Waals surface area contributed by atoms with E-state index in [4.69, 9.17) is 23.4 Å². The Morgan fingerprint density at radius 2 is 1.79 bits per heavy atom. The van der Waals surface area contributed by atoms with Crippen LogP contribution < -0.4 is 4.74 Å². The number of hydrogen-bond donors (Lipinski definition) is 4. The van der Waals surface area contributed by atoms with Gasteiger partial charge in [0.15, 0.2) is 0 Å². The van der Waals surface area contributed by atoms with Crippen molar-refractivity contribution >= 4 is 0 Å². The first kappa shape index (κ1) is 26.6. The van der Waals surface area contributed by atoms with Gasteiger partial charge in [-0.05, 0) is 36.2 Å². The van der Waals surface area contributed by atoms with Gasteiger partial charge < -0.3 is 43.8 Å². The first-order valence-corrected chi connectivity index (χ1v) is 11.7. The van der Waals surface area contributed by atoms with E-state index in [1.807, 2.05) is 31.2 Å². The Morgan fingerprint density at radius 1 is 1.03 bits per heavy atom. The normalized spacial score (nSPS) is 25.2. The molecule has 190 valence electrons. The van der Waals surface area contributed by atoms with E-state index >= 15 is 0 Å². The zero-order chi connectivity index (χ0) is 24.5. The van der Waals surface area contributed by atoms with E-state index in [-0.39, 0.29) is 18.8 Å². The number of aliphatic hydroxyl groups is 4. The van der Waals surface area contributed by atoms with Crippen molar-refractivity contribution in [2.75, 3.05) is 20.3 Å². The molecule has 1 aliphatic heterocycles. The molecular formula is C25H36O9. The van der Waals surface area contributed by atoms with E-state index in [1.165, 1.54) is 6.26 Å². The quantitative estimate of drug-likeness (QED) is 0.300. The van der Waals surface area contributed by atoms with Gasteiger partial charge in [-0.1, -0.05) is 25.5 Å². The lowest BCUT2D eigenvalue weighted by atomic mass is 9.97. The van der Waals surface area contributed by atoms with Crippen molar-refractivity contribution in [3.8, 4) is 5.75 Å². The molecule has 1 aliphatic rings. The number of furan rings is 1. The van der Waals surface area contributed by atoms with Gasteiger partial charge in [-0.2, -0.15) is 0 Å². The minimum atomic E-state index is -1.37. The summed E-state index contributed by atoms with van der Waals surface area (Å²) >= 11 is 0. The standard InChI is InChI=1S/C25H36O9/c1-3-4-11-32-23-20(13-17(27)14-26)34-24(22(29)21(28)19-6-5-12-31-19)25(23)33-15-16-7-9-18(30-2)10-8-16/h5-10,12,17,20-29H,3-4,11,13-15H2,1-2H3/t17?,20-,21+,22-,23?,24+,25-/m1/s1. The zero-order valence-electron chi connectivity index (χ0n) is 19.7. The maximum atomic E-state index is 11.0. The molecular weight excluding hydrogens is 444 g/mol. The topological polar surface area (TPSA) is 131 Å². The Balaban J connectivity index is 1.82. The third-order valence-corrected chi connectivity index (χ3v) is 5.97. The lowest BCUT2D eigenvalue weighted by Crippen LogP contribution is -2.44. The van der Waals surface area contributed by atoms with E-state index in [2.05, 4.69) is 0 Å². The molecule has 2 heterocycles. The maximum absolute atomic E-state index is 11.0. The Kier molecular flexibility index (Phi) is 10.3. The molecule has 34 heavy (non-hydrogen) atoms. The molecule has 1 aromatic heterocycles. The molecule has 0 radical (unpaired) electrons. The van der Waals surface area contributed by atoms with E-state index in [0.717, 1.165) is 24.2 Å². The summed E-state index contributed by atoms with van der Waals surface area (Å²) in [5.41, 5.74) is 0.881. The Bertz CT molecular complexity index is 810. The van der Waals surface area contributed by atoms with Gasteiger partial charge >= 0.3 is 0 Å². The second-order valence-electron chi connectivity index (χ2n) is 8.47.